The monoisotopic (exact) mass is 259 g/mol. The van der Waals surface area contributed by atoms with Gasteiger partial charge >= 0.3 is 11.2 Å². The van der Waals surface area contributed by atoms with Crippen molar-refractivity contribution in [2.24, 2.45) is 0 Å². The second kappa shape index (κ2) is 5.14. The van der Waals surface area contributed by atoms with E-state index in [2.05, 4.69) is 25.3 Å². The summed E-state index contributed by atoms with van der Waals surface area (Å²) < 4.78 is 5.78. The smallest absolute Gasteiger partial charge is 0.207 e. The summed E-state index contributed by atoms with van der Waals surface area (Å²) in [4.78, 5) is 0. The molecule has 20 heavy (non-hydrogen) atoms. The van der Waals surface area contributed by atoms with Gasteiger partial charge in [0.25, 0.3) is 0 Å². The van der Waals surface area contributed by atoms with Crippen LogP contribution < -0.4 is 10.6 Å². The van der Waals surface area contributed by atoms with Gasteiger partial charge in [-0.2, -0.15) is 0 Å². The van der Waals surface area contributed by atoms with Gasteiger partial charge in [-0.1, -0.05) is 55.1 Å². The first-order chi connectivity index (χ1) is 9.75. The van der Waals surface area contributed by atoms with Crippen LogP contribution in [0.4, 0.5) is 0 Å². The summed E-state index contributed by atoms with van der Waals surface area (Å²) in [5.41, 5.74) is 3.82. The van der Waals surface area contributed by atoms with Crippen LogP contribution in [-0.2, 0) is 0 Å². The van der Waals surface area contributed by atoms with Crippen LogP contribution in [0.1, 0.15) is 0 Å². The van der Waals surface area contributed by atoms with E-state index in [9.17, 15) is 0 Å². The van der Waals surface area contributed by atoms with Gasteiger partial charge in [-0.15, -0.1) is 0 Å². The maximum atomic E-state index is 5.78. The number of rotatable bonds is 2. The van der Waals surface area contributed by atoms with E-state index in [4.69, 9.17) is 4.42 Å². The van der Waals surface area contributed by atoms with Crippen molar-refractivity contribution in [3.05, 3.63) is 77.4 Å². The molecule has 96 valence electrons. The van der Waals surface area contributed by atoms with Crippen LogP contribution in [0.3, 0.4) is 0 Å². The van der Waals surface area contributed by atoms with Crippen molar-refractivity contribution in [3.63, 3.8) is 0 Å². The Hall–Kier alpha value is -2.67. The molecule has 0 aliphatic carbocycles. The Morgan fingerprint density at radius 1 is 0.700 bits per heavy atom. The van der Waals surface area contributed by atoms with E-state index in [0.717, 1.165) is 27.7 Å². The van der Waals surface area contributed by atoms with Gasteiger partial charge in [-0.3, -0.25) is 0 Å². The second-order valence-electron chi connectivity index (χ2n) is 4.66. The van der Waals surface area contributed by atoms with Gasteiger partial charge in [0.15, 0.2) is 0 Å². The molecule has 0 saturated carbocycles. The molecule has 0 amide bonds. The van der Waals surface area contributed by atoms with Crippen LogP contribution in [0, 0.1) is 0 Å². The van der Waals surface area contributed by atoms with Crippen molar-refractivity contribution in [3.8, 4) is 22.5 Å². The normalized spacial score (nSPS) is 10.4. The summed E-state index contributed by atoms with van der Waals surface area (Å²) in [6.45, 7) is 8.04. The highest BCUT2D eigenvalue weighted by atomic mass is 16.3. The predicted octanol–water partition coefficient (Wildman–Crippen LogP) is 3.72. The quantitative estimate of drug-likeness (QED) is 0.638. The highest BCUT2D eigenvalue weighted by molar-refractivity contribution is 5.69. The fourth-order valence-electron chi connectivity index (χ4n) is 2.21. The Labute approximate surface area is 118 Å². The molecule has 1 heteroatoms. The maximum Gasteiger partial charge on any atom is 0.361 e. The van der Waals surface area contributed by atoms with Crippen LogP contribution in [0.15, 0.2) is 71.1 Å². The summed E-state index contributed by atoms with van der Waals surface area (Å²) in [6.07, 6.45) is 0. The van der Waals surface area contributed by atoms with Gasteiger partial charge < -0.3 is 0 Å². The zero-order valence-electron chi connectivity index (χ0n) is 11.2. The molecule has 3 rings (SSSR count). The molecule has 0 aliphatic rings. The first kappa shape index (κ1) is 12.4. The third-order valence-electron chi connectivity index (χ3n) is 3.31. The molecule has 2 aromatic carbocycles. The van der Waals surface area contributed by atoms with Crippen molar-refractivity contribution >= 4 is 13.2 Å². The van der Waals surface area contributed by atoms with E-state index >= 15 is 0 Å². The molecular weight excluding hydrogens is 244 g/mol. The van der Waals surface area contributed by atoms with Gasteiger partial charge in [-0.05, 0) is 17.7 Å². The number of hydrogen-bond donors (Lipinski definition) is 0. The molecule has 0 fully saturated rings. The van der Waals surface area contributed by atoms with Gasteiger partial charge in [0, 0.05) is 12.1 Å². The van der Waals surface area contributed by atoms with Crippen LogP contribution in [0.2, 0.25) is 0 Å². The lowest BCUT2D eigenvalue weighted by Crippen LogP contribution is -2.23. The highest BCUT2D eigenvalue weighted by Crippen LogP contribution is 2.22. The van der Waals surface area contributed by atoms with Crippen molar-refractivity contribution < 1.29 is 4.42 Å². The Morgan fingerprint density at radius 2 is 1.25 bits per heavy atom. The summed E-state index contributed by atoms with van der Waals surface area (Å²) in [7, 11) is 0. The Kier molecular flexibility index (Phi) is 3.18. The van der Waals surface area contributed by atoms with E-state index in [1.807, 2.05) is 54.6 Å². The molecule has 1 heterocycles. The first-order valence-electron chi connectivity index (χ1n) is 6.51. The molecule has 0 radical (unpaired) electrons. The predicted molar refractivity (Wildman–Crippen MR) is 84.3 cm³/mol. The number of hydrogen-bond acceptors (Lipinski definition) is 0. The topological polar surface area (TPSA) is 11.3 Å². The number of benzene rings is 2. The van der Waals surface area contributed by atoms with Gasteiger partial charge in [0.2, 0.25) is 0 Å². The molecule has 3 aromatic rings. The lowest BCUT2D eigenvalue weighted by atomic mass is 10.0. The lowest BCUT2D eigenvalue weighted by Gasteiger charge is -2.00. The summed E-state index contributed by atoms with van der Waals surface area (Å²) in [5.74, 6) is 0.807. The fraction of sp³-hybridized carbons (Fsp3) is 0. The minimum atomic E-state index is 0.602. The SMILES string of the molecule is C=c1[o+]c(-c2ccccc2)cc(-c2ccccc2)c1=C. The lowest BCUT2D eigenvalue weighted by molar-refractivity contribution is 0.528. The average molecular weight is 259 g/mol. The molecule has 0 spiro atoms. The van der Waals surface area contributed by atoms with Gasteiger partial charge in [0.05, 0.1) is 16.8 Å². The maximum absolute atomic E-state index is 5.78. The minimum absolute atomic E-state index is 0.602. The minimum Gasteiger partial charge on any atom is -0.207 e. The molecule has 0 saturated heterocycles. The van der Waals surface area contributed by atoms with Crippen LogP contribution >= 0.6 is 0 Å². The summed E-state index contributed by atoms with van der Waals surface area (Å²) in [6, 6.07) is 22.2. The third-order valence-corrected chi connectivity index (χ3v) is 3.31. The standard InChI is InChI=1S/C19H15O/c1-14-15(2)20-19(17-11-7-4-8-12-17)13-18(14)16-9-5-3-6-10-16/h3-13H,1-2H2/q+1. The average Bonchev–Trinajstić information content (AvgIpc) is 2.51. The molecule has 0 unspecified atom stereocenters. The molecule has 0 bridgehead atoms. The van der Waals surface area contributed by atoms with Crippen molar-refractivity contribution in [2.75, 3.05) is 0 Å². The first-order valence-corrected chi connectivity index (χ1v) is 6.51. The van der Waals surface area contributed by atoms with E-state index in [1.54, 1.807) is 0 Å². The van der Waals surface area contributed by atoms with Gasteiger partial charge in [-0.25, -0.2) is 4.42 Å². The van der Waals surface area contributed by atoms with Crippen molar-refractivity contribution in [1.29, 1.82) is 0 Å². The van der Waals surface area contributed by atoms with Crippen LogP contribution in [0.5, 0.6) is 0 Å². The van der Waals surface area contributed by atoms with Crippen molar-refractivity contribution in [1.82, 2.24) is 0 Å². The van der Waals surface area contributed by atoms with Crippen molar-refractivity contribution in [2.45, 2.75) is 0 Å². The van der Waals surface area contributed by atoms with Crippen LogP contribution in [0.25, 0.3) is 35.6 Å². The molecule has 1 nitrogen and oxygen atoms in total. The van der Waals surface area contributed by atoms with E-state index in [1.165, 1.54) is 0 Å². The second-order valence-corrected chi connectivity index (χ2v) is 4.66. The Morgan fingerprint density at radius 3 is 1.85 bits per heavy atom. The van der Waals surface area contributed by atoms with E-state index in [-0.39, 0.29) is 0 Å². The molecule has 0 atom stereocenters. The third kappa shape index (κ3) is 2.26. The van der Waals surface area contributed by atoms with E-state index in [0.29, 0.717) is 5.42 Å². The highest BCUT2D eigenvalue weighted by Gasteiger charge is 2.15. The van der Waals surface area contributed by atoms with E-state index < -0.39 is 0 Å². The Bertz CT molecular complexity index is 821. The molecule has 1 aromatic heterocycles. The summed E-state index contributed by atoms with van der Waals surface area (Å²) in [5, 5.41) is 0.830. The fourth-order valence-corrected chi connectivity index (χ4v) is 2.21. The molecule has 0 aliphatic heterocycles. The Balaban J connectivity index is 2.24. The molecular formula is C19H15O+. The van der Waals surface area contributed by atoms with Crippen LogP contribution in [-0.4, -0.2) is 0 Å². The zero-order chi connectivity index (χ0) is 13.9. The zero-order valence-corrected chi connectivity index (χ0v) is 11.2. The summed E-state index contributed by atoms with van der Waals surface area (Å²) >= 11 is 0. The molecule has 0 N–H and O–H groups in total. The largest absolute Gasteiger partial charge is 0.361 e. The van der Waals surface area contributed by atoms with Gasteiger partial charge in [0.1, 0.15) is 0 Å².